The number of nitrogens with two attached hydrogens (primary N) is 1. The SMILES string of the molecule is CCC(CN)C(=O)Nc1ccccc1C(C)(C)C. The Kier molecular flexibility index (Phi) is 4.91. The van der Waals surface area contributed by atoms with Gasteiger partial charge in [0.25, 0.3) is 0 Å². The number of anilines is 1. The van der Waals surface area contributed by atoms with Crippen LogP contribution >= 0.6 is 0 Å². The third-order valence-corrected chi connectivity index (χ3v) is 3.14. The summed E-state index contributed by atoms with van der Waals surface area (Å²) < 4.78 is 0. The second-order valence-corrected chi connectivity index (χ2v) is 5.63. The lowest BCUT2D eigenvalue weighted by Crippen LogP contribution is -2.29. The number of amides is 1. The van der Waals surface area contributed by atoms with Crippen molar-refractivity contribution in [3.05, 3.63) is 29.8 Å². The topological polar surface area (TPSA) is 55.1 Å². The number of nitrogens with one attached hydrogen (secondary N) is 1. The molecular weight excluding hydrogens is 224 g/mol. The maximum atomic E-state index is 12.1. The number of para-hydroxylation sites is 1. The molecule has 0 aliphatic rings. The second-order valence-electron chi connectivity index (χ2n) is 5.63. The molecule has 1 aromatic rings. The van der Waals surface area contributed by atoms with E-state index in [1.54, 1.807) is 0 Å². The van der Waals surface area contributed by atoms with Crippen LogP contribution in [0.5, 0.6) is 0 Å². The molecule has 18 heavy (non-hydrogen) atoms. The molecule has 0 spiro atoms. The smallest absolute Gasteiger partial charge is 0.228 e. The summed E-state index contributed by atoms with van der Waals surface area (Å²) in [5.74, 6) is -0.102. The Balaban J connectivity index is 2.95. The fourth-order valence-electron chi connectivity index (χ4n) is 1.94. The molecule has 0 fully saturated rings. The Hall–Kier alpha value is -1.35. The minimum Gasteiger partial charge on any atom is -0.330 e. The predicted molar refractivity (Wildman–Crippen MR) is 76.6 cm³/mol. The van der Waals surface area contributed by atoms with Crippen molar-refractivity contribution in [2.45, 2.75) is 39.5 Å². The Morgan fingerprint density at radius 1 is 1.33 bits per heavy atom. The van der Waals surface area contributed by atoms with Crippen LogP contribution in [0.15, 0.2) is 24.3 Å². The van der Waals surface area contributed by atoms with Crippen LogP contribution in [0.2, 0.25) is 0 Å². The van der Waals surface area contributed by atoms with Gasteiger partial charge in [-0.15, -0.1) is 0 Å². The van der Waals surface area contributed by atoms with Crippen LogP contribution in [0, 0.1) is 5.92 Å². The van der Waals surface area contributed by atoms with Gasteiger partial charge in [-0.2, -0.15) is 0 Å². The van der Waals surface area contributed by atoms with Crippen LogP contribution in [0.25, 0.3) is 0 Å². The largest absolute Gasteiger partial charge is 0.330 e. The summed E-state index contributed by atoms with van der Waals surface area (Å²) in [5.41, 5.74) is 7.64. The summed E-state index contributed by atoms with van der Waals surface area (Å²) in [6, 6.07) is 7.94. The number of carbonyl (C=O) groups excluding carboxylic acids is 1. The van der Waals surface area contributed by atoms with Gasteiger partial charge in [0.2, 0.25) is 5.91 Å². The number of rotatable bonds is 4. The van der Waals surface area contributed by atoms with E-state index in [2.05, 4.69) is 32.2 Å². The van der Waals surface area contributed by atoms with E-state index in [1.807, 2.05) is 25.1 Å². The van der Waals surface area contributed by atoms with E-state index in [4.69, 9.17) is 5.73 Å². The van der Waals surface area contributed by atoms with Gasteiger partial charge in [0.15, 0.2) is 0 Å². The fraction of sp³-hybridized carbons (Fsp3) is 0.533. The molecule has 100 valence electrons. The molecule has 0 heterocycles. The van der Waals surface area contributed by atoms with Crippen molar-refractivity contribution in [1.82, 2.24) is 0 Å². The monoisotopic (exact) mass is 248 g/mol. The minimum absolute atomic E-state index is 0.00823. The lowest BCUT2D eigenvalue weighted by atomic mass is 9.85. The summed E-state index contributed by atoms with van der Waals surface area (Å²) in [6.45, 7) is 8.78. The zero-order chi connectivity index (χ0) is 13.8. The van der Waals surface area contributed by atoms with Gasteiger partial charge >= 0.3 is 0 Å². The molecule has 0 bridgehead atoms. The highest BCUT2D eigenvalue weighted by Gasteiger charge is 2.20. The molecule has 3 nitrogen and oxygen atoms in total. The van der Waals surface area contributed by atoms with Crippen LogP contribution in [-0.2, 0) is 10.2 Å². The van der Waals surface area contributed by atoms with Crippen LogP contribution in [-0.4, -0.2) is 12.5 Å². The highest BCUT2D eigenvalue weighted by molar-refractivity contribution is 5.93. The molecule has 0 aliphatic heterocycles. The Labute approximate surface area is 110 Å². The van der Waals surface area contributed by atoms with E-state index in [9.17, 15) is 4.79 Å². The quantitative estimate of drug-likeness (QED) is 0.860. The molecule has 1 aromatic carbocycles. The molecule has 0 radical (unpaired) electrons. The molecule has 1 unspecified atom stereocenters. The summed E-state index contributed by atoms with van der Waals surface area (Å²) in [6.07, 6.45) is 0.764. The number of benzene rings is 1. The molecule has 0 aromatic heterocycles. The zero-order valence-corrected chi connectivity index (χ0v) is 11.8. The van der Waals surface area contributed by atoms with Gasteiger partial charge in [-0.3, -0.25) is 4.79 Å². The van der Waals surface area contributed by atoms with Gasteiger partial charge in [0, 0.05) is 12.2 Å². The molecule has 0 aliphatic carbocycles. The summed E-state index contributed by atoms with van der Waals surface area (Å²) in [7, 11) is 0. The third kappa shape index (κ3) is 3.57. The van der Waals surface area contributed by atoms with Crippen molar-refractivity contribution in [2.75, 3.05) is 11.9 Å². The van der Waals surface area contributed by atoms with E-state index in [0.29, 0.717) is 6.54 Å². The molecular formula is C15H24N2O. The molecule has 1 amide bonds. The first-order valence-corrected chi connectivity index (χ1v) is 6.50. The fourth-order valence-corrected chi connectivity index (χ4v) is 1.94. The normalized spacial score (nSPS) is 13.2. The van der Waals surface area contributed by atoms with E-state index < -0.39 is 0 Å². The van der Waals surface area contributed by atoms with Crippen LogP contribution in [0.4, 0.5) is 5.69 Å². The highest BCUT2D eigenvalue weighted by atomic mass is 16.1. The van der Waals surface area contributed by atoms with Crippen molar-refractivity contribution in [1.29, 1.82) is 0 Å². The maximum absolute atomic E-state index is 12.1. The van der Waals surface area contributed by atoms with Crippen LogP contribution in [0.1, 0.15) is 39.7 Å². The Morgan fingerprint density at radius 2 is 1.94 bits per heavy atom. The van der Waals surface area contributed by atoms with Crippen molar-refractivity contribution in [3.63, 3.8) is 0 Å². The first kappa shape index (κ1) is 14.7. The molecule has 0 saturated heterocycles. The summed E-state index contributed by atoms with van der Waals surface area (Å²) >= 11 is 0. The zero-order valence-electron chi connectivity index (χ0n) is 11.8. The van der Waals surface area contributed by atoms with Crippen LogP contribution in [0.3, 0.4) is 0 Å². The first-order chi connectivity index (χ1) is 8.40. The van der Waals surface area contributed by atoms with Gasteiger partial charge in [-0.25, -0.2) is 0 Å². The molecule has 0 saturated carbocycles. The molecule has 1 atom stereocenters. The minimum atomic E-state index is -0.113. The van der Waals surface area contributed by atoms with Gasteiger partial charge in [-0.1, -0.05) is 45.9 Å². The van der Waals surface area contributed by atoms with Crippen molar-refractivity contribution in [3.8, 4) is 0 Å². The average Bonchev–Trinajstić information content (AvgIpc) is 2.30. The average molecular weight is 248 g/mol. The van der Waals surface area contributed by atoms with E-state index in [0.717, 1.165) is 17.7 Å². The first-order valence-electron chi connectivity index (χ1n) is 6.50. The van der Waals surface area contributed by atoms with Gasteiger partial charge in [-0.05, 0) is 23.5 Å². The van der Waals surface area contributed by atoms with Gasteiger partial charge in [0.05, 0.1) is 5.92 Å². The highest BCUT2D eigenvalue weighted by Crippen LogP contribution is 2.29. The van der Waals surface area contributed by atoms with Gasteiger partial charge in [0.1, 0.15) is 0 Å². The lowest BCUT2D eigenvalue weighted by Gasteiger charge is -2.24. The van der Waals surface area contributed by atoms with E-state index >= 15 is 0 Å². The Bertz CT molecular complexity index is 403. The predicted octanol–water partition coefficient (Wildman–Crippen LogP) is 2.91. The van der Waals surface area contributed by atoms with Crippen molar-refractivity contribution < 1.29 is 4.79 Å². The molecule has 1 rings (SSSR count). The van der Waals surface area contributed by atoms with Crippen molar-refractivity contribution >= 4 is 11.6 Å². The lowest BCUT2D eigenvalue weighted by molar-refractivity contribution is -0.119. The van der Waals surface area contributed by atoms with Crippen molar-refractivity contribution in [2.24, 2.45) is 11.7 Å². The summed E-state index contributed by atoms with van der Waals surface area (Å²) in [4.78, 5) is 12.1. The molecule has 3 N–H and O–H groups in total. The number of carbonyl (C=O) groups is 1. The van der Waals surface area contributed by atoms with Crippen LogP contribution < -0.4 is 11.1 Å². The summed E-state index contributed by atoms with van der Waals surface area (Å²) in [5, 5.41) is 3.00. The Morgan fingerprint density at radius 3 is 2.44 bits per heavy atom. The maximum Gasteiger partial charge on any atom is 0.228 e. The third-order valence-electron chi connectivity index (χ3n) is 3.14. The second kappa shape index (κ2) is 6.01. The number of hydrogen-bond donors (Lipinski definition) is 2. The molecule has 3 heteroatoms. The van der Waals surface area contributed by atoms with Gasteiger partial charge < -0.3 is 11.1 Å². The standard InChI is InChI=1S/C15H24N2O/c1-5-11(10-16)14(18)17-13-9-7-6-8-12(13)15(2,3)4/h6-9,11H,5,10,16H2,1-4H3,(H,17,18). The van der Waals surface area contributed by atoms with E-state index in [-0.39, 0.29) is 17.2 Å². The number of hydrogen-bond acceptors (Lipinski definition) is 2. The van der Waals surface area contributed by atoms with E-state index in [1.165, 1.54) is 0 Å².